The molecule has 1 aromatic carbocycles. The van der Waals surface area contributed by atoms with E-state index in [1.807, 2.05) is 36.0 Å². The van der Waals surface area contributed by atoms with Crippen molar-refractivity contribution in [3.8, 4) is 0 Å². The molecule has 0 spiro atoms. The van der Waals surface area contributed by atoms with Crippen molar-refractivity contribution in [2.45, 2.75) is 26.4 Å². The average Bonchev–Trinajstić information content (AvgIpc) is 3.50. The van der Waals surface area contributed by atoms with Crippen LogP contribution in [0.25, 0.3) is 11.0 Å². The number of anilines is 1. The standard InChI is InChI=1S/C25H27N5O2S/c1-17-14-22(23-15-26-30(24(23)27-17)16-21-4-3-13-33-21)25(31)28-18(2)19-5-7-20(8-6-19)29-9-11-32-12-10-29/h3-8,13-15,18H,9-12,16H2,1-2H3,(H,28,31). The van der Waals surface area contributed by atoms with Gasteiger partial charge in [-0.25, -0.2) is 9.67 Å². The van der Waals surface area contributed by atoms with E-state index >= 15 is 0 Å². The van der Waals surface area contributed by atoms with Crippen molar-refractivity contribution >= 4 is 34.0 Å². The number of rotatable bonds is 6. The Labute approximate surface area is 197 Å². The molecule has 1 atom stereocenters. The summed E-state index contributed by atoms with van der Waals surface area (Å²) in [6.45, 7) is 7.90. The summed E-state index contributed by atoms with van der Waals surface area (Å²) in [7, 11) is 0. The van der Waals surface area contributed by atoms with Crippen molar-refractivity contribution in [2.24, 2.45) is 0 Å². The van der Waals surface area contributed by atoms with Crippen molar-refractivity contribution in [3.05, 3.63) is 75.7 Å². The molecule has 0 saturated carbocycles. The first kappa shape index (κ1) is 21.6. The van der Waals surface area contributed by atoms with E-state index in [0.29, 0.717) is 12.1 Å². The van der Waals surface area contributed by atoms with Gasteiger partial charge in [-0.15, -0.1) is 11.3 Å². The number of aromatic nitrogens is 3. The number of benzene rings is 1. The quantitative estimate of drug-likeness (QED) is 0.466. The van der Waals surface area contributed by atoms with Crippen LogP contribution in [0.5, 0.6) is 0 Å². The van der Waals surface area contributed by atoms with Crippen LogP contribution in [0.3, 0.4) is 0 Å². The molecule has 0 aliphatic carbocycles. The minimum atomic E-state index is -0.124. The summed E-state index contributed by atoms with van der Waals surface area (Å²) in [5, 5.41) is 10.5. The molecule has 8 heteroatoms. The second kappa shape index (κ2) is 9.33. The molecule has 0 bridgehead atoms. The number of nitrogens with one attached hydrogen (secondary N) is 1. The molecule has 1 fully saturated rings. The van der Waals surface area contributed by atoms with Crippen molar-refractivity contribution in [1.82, 2.24) is 20.1 Å². The first-order valence-corrected chi connectivity index (χ1v) is 12.1. The number of pyridine rings is 1. The number of amides is 1. The van der Waals surface area contributed by atoms with E-state index in [4.69, 9.17) is 4.74 Å². The maximum absolute atomic E-state index is 13.2. The Morgan fingerprint density at radius 3 is 2.73 bits per heavy atom. The molecule has 3 aromatic heterocycles. The third-order valence-corrected chi connectivity index (χ3v) is 6.85. The highest BCUT2D eigenvalue weighted by Gasteiger charge is 2.19. The van der Waals surface area contributed by atoms with Gasteiger partial charge in [0.1, 0.15) is 0 Å². The second-order valence-corrected chi connectivity index (χ2v) is 9.35. The molecule has 1 unspecified atom stereocenters. The Hall–Kier alpha value is -3.23. The Morgan fingerprint density at radius 1 is 1.21 bits per heavy atom. The summed E-state index contributed by atoms with van der Waals surface area (Å²) in [6.07, 6.45) is 1.74. The van der Waals surface area contributed by atoms with Gasteiger partial charge < -0.3 is 15.0 Å². The summed E-state index contributed by atoms with van der Waals surface area (Å²) in [5.74, 6) is -0.120. The van der Waals surface area contributed by atoms with E-state index in [9.17, 15) is 4.79 Å². The Balaban J connectivity index is 1.33. The van der Waals surface area contributed by atoms with Crippen molar-refractivity contribution < 1.29 is 9.53 Å². The molecular formula is C25H27N5O2S. The molecule has 4 aromatic rings. The van der Waals surface area contributed by atoms with Crippen LogP contribution < -0.4 is 10.2 Å². The van der Waals surface area contributed by atoms with Crippen LogP contribution in [0, 0.1) is 6.92 Å². The number of hydrogen-bond acceptors (Lipinski definition) is 6. The number of carbonyl (C=O) groups is 1. The molecular weight excluding hydrogens is 434 g/mol. The molecule has 1 aliphatic rings. The van der Waals surface area contributed by atoms with E-state index in [2.05, 4.69) is 50.6 Å². The summed E-state index contributed by atoms with van der Waals surface area (Å²) in [6, 6.07) is 14.2. The summed E-state index contributed by atoms with van der Waals surface area (Å²) >= 11 is 1.68. The van der Waals surface area contributed by atoms with E-state index in [1.165, 1.54) is 10.6 Å². The number of fused-ring (bicyclic) bond motifs is 1. The monoisotopic (exact) mass is 461 g/mol. The van der Waals surface area contributed by atoms with Gasteiger partial charge >= 0.3 is 0 Å². The first-order chi connectivity index (χ1) is 16.1. The SMILES string of the molecule is Cc1cc(C(=O)NC(C)c2ccc(N3CCOCC3)cc2)c2cnn(Cc3cccs3)c2n1. The predicted octanol–water partition coefficient (Wildman–Crippen LogP) is 4.18. The van der Waals surface area contributed by atoms with Gasteiger partial charge in [-0.3, -0.25) is 4.79 Å². The molecule has 0 radical (unpaired) electrons. The Bertz CT molecular complexity index is 1240. The van der Waals surface area contributed by atoms with Crippen LogP contribution in [0.2, 0.25) is 0 Å². The first-order valence-electron chi connectivity index (χ1n) is 11.2. The molecule has 170 valence electrons. The number of thiophene rings is 1. The third kappa shape index (κ3) is 4.62. The molecule has 1 N–H and O–H groups in total. The minimum Gasteiger partial charge on any atom is -0.378 e. The van der Waals surface area contributed by atoms with Crippen LogP contribution in [0.15, 0.2) is 54.0 Å². The van der Waals surface area contributed by atoms with Crippen LogP contribution in [-0.4, -0.2) is 47.0 Å². The van der Waals surface area contributed by atoms with E-state index < -0.39 is 0 Å². The summed E-state index contributed by atoms with van der Waals surface area (Å²) < 4.78 is 7.30. The highest BCUT2D eigenvalue weighted by Crippen LogP contribution is 2.23. The van der Waals surface area contributed by atoms with Crippen molar-refractivity contribution in [1.29, 1.82) is 0 Å². The zero-order valence-electron chi connectivity index (χ0n) is 18.8. The zero-order chi connectivity index (χ0) is 22.8. The number of hydrogen-bond donors (Lipinski definition) is 1. The van der Waals surface area contributed by atoms with Crippen molar-refractivity contribution in [2.75, 3.05) is 31.2 Å². The number of ether oxygens (including phenoxy) is 1. The van der Waals surface area contributed by atoms with E-state index in [0.717, 1.165) is 48.6 Å². The molecule has 4 heterocycles. The van der Waals surface area contributed by atoms with E-state index in [1.54, 1.807) is 17.5 Å². The number of nitrogens with zero attached hydrogens (tertiary/aromatic N) is 4. The van der Waals surface area contributed by atoms with Gasteiger partial charge in [0.05, 0.1) is 42.9 Å². The summed E-state index contributed by atoms with van der Waals surface area (Å²) in [4.78, 5) is 21.4. The lowest BCUT2D eigenvalue weighted by Gasteiger charge is -2.29. The zero-order valence-corrected chi connectivity index (χ0v) is 19.6. The predicted molar refractivity (Wildman–Crippen MR) is 131 cm³/mol. The van der Waals surface area contributed by atoms with Gasteiger partial charge in [-0.05, 0) is 49.1 Å². The fourth-order valence-electron chi connectivity index (χ4n) is 4.18. The Morgan fingerprint density at radius 2 is 2.00 bits per heavy atom. The highest BCUT2D eigenvalue weighted by atomic mass is 32.1. The second-order valence-electron chi connectivity index (χ2n) is 8.32. The number of morpholine rings is 1. The highest BCUT2D eigenvalue weighted by molar-refractivity contribution is 7.09. The van der Waals surface area contributed by atoms with Gasteiger partial charge in [0, 0.05) is 29.3 Å². The molecule has 1 saturated heterocycles. The van der Waals surface area contributed by atoms with E-state index in [-0.39, 0.29) is 11.9 Å². The maximum Gasteiger partial charge on any atom is 0.252 e. The van der Waals surface area contributed by atoms with Gasteiger partial charge in [-0.1, -0.05) is 18.2 Å². The largest absolute Gasteiger partial charge is 0.378 e. The number of carbonyl (C=O) groups excluding carboxylic acids is 1. The molecule has 5 rings (SSSR count). The number of aryl methyl sites for hydroxylation is 1. The van der Waals surface area contributed by atoms with Crippen LogP contribution in [0.1, 0.15) is 39.5 Å². The van der Waals surface area contributed by atoms with Crippen LogP contribution in [-0.2, 0) is 11.3 Å². The van der Waals surface area contributed by atoms with Gasteiger partial charge in [0.2, 0.25) is 0 Å². The molecule has 33 heavy (non-hydrogen) atoms. The van der Waals surface area contributed by atoms with Crippen LogP contribution in [0.4, 0.5) is 5.69 Å². The fraction of sp³-hybridized carbons (Fsp3) is 0.320. The summed E-state index contributed by atoms with van der Waals surface area (Å²) in [5.41, 5.74) is 4.38. The van der Waals surface area contributed by atoms with Gasteiger partial charge in [0.25, 0.3) is 5.91 Å². The van der Waals surface area contributed by atoms with Gasteiger partial charge in [-0.2, -0.15) is 5.10 Å². The topological polar surface area (TPSA) is 72.3 Å². The average molecular weight is 462 g/mol. The molecule has 1 amide bonds. The van der Waals surface area contributed by atoms with Crippen LogP contribution >= 0.6 is 11.3 Å². The molecule has 1 aliphatic heterocycles. The smallest absolute Gasteiger partial charge is 0.252 e. The lowest BCUT2D eigenvalue weighted by atomic mass is 10.1. The fourth-order valence-corrected chi connectivity index (χ4v) is 4.87. The third-order valence-electron chi connectivity index (χ3n) is 5.98. The molecule has 7 nitrogen and oxygen atoms in total. The van der Waals surface area contributed by atoms with Crippen molar-refractivity contribution in [3.63, 3.8) is 0 Å². The lowest BCUT2D eigenvalue weighted by molar-refractivity contribution is 0.0941. The minimum absolute atomic E-state index is 0.120. The maximum atomic E-state index is 13.2. The van der Waals surface area contributed by atoms with Gasteiger partial charge in [0.15, 0.2) is 5.65 Å². The lowest BCUT2D eigenvalue weighted by Crippen LogP contribution is -2.36. The Kier molecular flexibility index (Phi) is 6.11. The normalized spacial score (nSPS) is 15.0.